The second-order valence-corrected chi connectivity index (χ2v) is 7.44. The van der Waals surface area contributed by atoms with Gasteiger partial charge < -0.3 is 9.64 Å². The number of piperidine rings is 1. The summed E-state index contributed by atoms with van der Waals surface area (Å²) >= 11 is 0. The number of ether oxygens (including phenoxy) is 1. The highest BCUT2D eigenvalue weighted by Crippen LogP contribution is 2.18. The van der Waals surface area contributed by atoms with Gasteiger partial charge in [-0.3, -0.25) is 14.6 Å². The summed E-state index contributed by atoms with van der Waals surface area (Å²) in [5, 5.41) is 0. The van der Waals surface area contributed by atoms with Gasteiger partial charge in [-0.05, 0) is 58.5 Å². The van der Waals surface area contributed by atoms with E-state index in [1.807, 2.05) is 0 Å². The van der Waals surface area contributed by atoms with Crippen molar-refractivity contribution >= 4 is 5.91 Å². The molecule has 0 radical (unpaired) electrons. The Morgan fingerprint density at radius 2 is 1.78 bits per heavy atom. The molecule has 132 valence electrons. The van der Waals surface area contributed by atoms with Crippen LogP contribution in [-0.4, -0.2) is 85.2 Å². The highest BCUT2D eigenvalue weighted by molar-refractivity contribution is 5.78. The molecule has 1 amide bonds. The first kappa shape index (κ1) is 17.2. The maximum absolute atomic E-state index is 12.6. The average molecular weight is 323 g/mol. The molecule has 0 saturated carbocycles. The van der Waals surface area contributed by atoms with Crippen molar-refractivity contribution in [3.05, 3.63) is 0 Å². The van der Waals surface area contributed by atoms with Crippen molar-refractivity contribution in [3.8, 4) is 0 Å². The molecule has 23 heavy (non-hydrogen) atoms. The minimum atomic E-state index is 0.344. The molecular formula is C18H33N3O2. The summed E-state index contributed by atoms with van der Waals surface area (Å²) in [6.07, 6.45) is 7.14. The first-order chi connectivity index (χ1) is 11.2. The van der Waals surface area contributed by atoms with Crippen LogP contribution in [0.2, 0.25) is 0 Å². The fourth-order valence-electron chi connectivity index (χ4n) is 4.32. The Morgan fingerprint density at radius 3 is 2.57 bits per heavy atom. The number of rotatable bonds is 3. The molecule has 3 saturated heterocycles. The highest BCUT2D eigenvalue weighted by atomic mass is 16.5. The third-order valence-electron chi connectivity index (χ3n) is 5.81. The van der Waals surface area contributed by atoms with Crippen molar-refractivity contribution < 1.29 is 9.53 Å². The van der Waals surface area contributed by atoms with E-state index in [1.165, 1.54) is 45.1 Å². The lowest BCUT2D eigenvalue weighted by Gasteiger charge is -2.35. The van der Waals surface area contributed by atoms with Crippen LogP contribution < -0.4 is 0 Å². The van der Waals surface area contributed by atoms with E-state index in [4.69, 9.17) is 4.74 Å². The van der Waals surface area contributed by atoms with Gasteiger partial charge in [0.25, 0.3) is 0 Å². The van der Waals surface area contributed by atoms with Crippen molar-refractivity contribution in [1.29, 1.82) is 0 Å². The molecule has 3 aliphatic rings. The van der Waals surface area contributed by atoms with Crippen molar-refractivity contribution in [2.24, 2.45) is 0 Å². The highest BCUT2D eigenvalue weighted by Gasteiger charge is 2.27. The maximum Gasteiger partial charge on any atom is 0.236 e. The predicted molar refractivity (Wildman–Crippen MR) is 91.5 cm³/mol. The molecule has 3 rings (SSSR count). The van der Waals surface area contributed by atoms with Crippen LogP contribution in [0.1, 0.15) is 45.4 Å². The van der Waals surface area contributed by atoms with Gasteiger partial charge in [0.2, 0.25) is 5.91 Å². The van der Waals surface area contributed by atoms with Gasteiger partial charge in [0.15, 0.2) is 0 Å². The van der Waals surface area contributed by atoms with Crippen LogP contribution in [0.15, 0.2) is 0 Å². The van der Waals surface area contributed by atoms with Gasteiger partial charge in [0, 0.05) is 44.9 Å². The smallest absolute Gasteiger partial charge is 0.236 e. The van der Waals surface area contributed by atoms with Gasteiger partial charge in [0.1, 0.15) is 0 Å². The lowest BCUT2D eigenvalue weighted by atomic mass is 10.0. The minimum absolute atomic E-state index is 0.344. The van der Waals surface area contributed by atoms with Crippen LogP contribution in [0.25, 0.3) is 0 Å². The second-order valence-electron chi connectivity index (χ2n) is 7.44. The van der Waals surface area contributed by atoms with E-state index in [1.54, 1.807) is 0 Å². The number of amides is 1. The first-order valence-corrected chi connectivity index (χ1v) is 9.57. The Bertz CT molecular complexity index is 384. The SMILES string of the molecule is C[C@@H]1CCCCN1C(=O)CN1CCCN(C2CCOCC2)CC1. The second kappa shape index (κ2) is 8.45. The minimum Gasteiger partial charge on any atom is -0.381 e. The topological polar surface area (TPSA) is 36.0 Å². The Hall–Kier alpha value is -0.650. The number of hydrogen-bond acceptors (Lipinski definition) is 4. The standard InChI is InChI=1S/C18H33N3O2/c1-16-5-2-3-10-21(16)18(22)15-19-8-4-9-20(12-11-19)17-6-13-23-14-7-17/h16-17H,2-15H2,1H3/t16-/m1/s1. The Labute approximate surface area is 140 Å². The molecule has 3 fully saturated rings. The maximum atomic E-state index is 12.6. The van der Waals surface area contributed by atoms with Crippen molar-refractivity contribution in [1.82, 2.24) is 14.7 Å². The third-order valence-corrected chi connectivity index (χ3v) is 5.81. The average Bonchev–Trinajstić information content (AvgIpc) is 2.81. The largest absolute Gasteiger partial charge is 0.381 e. The van der Waals surface area contributed by atoms with E-state index >= 15 is 0 Å². The monoisotopic (exact) mass is 323 g/mol. The third kappa shape index (κ3) is 4.68. The van der Waals surface area contributed by atoms with Gasteiger partial charge >= 0.3 is 0 Å². The van der Waals surface area contributed by atoms with Crippen LogP contribution in [0.4, 0.5) is 0 Å². The molecule has 3 aliphatic heterocycles. The molecule has 0 aromatic rings. The van der Waals surface area contributed by atoms with Crippen LogP contribution >= 0.6 is 0 Å². The Kier molecular flexibility index (Phi) is 6.31. The Balaban J connectivity index is 1.46. The van der Waals surface area contributed by atoms with Crippen LogP contribution in [-0.2, 0) is 9.53 Å². The van der Waals surface area contributed by atoms with Gasteiger partial charge in [-0.1, -0.05) is 0 Å². The summed E-state index contributed by atoms with van der Waals surface area (Å²) in [7, 11) is 0. The molecular weight excluding hydrogens is 290 g/mol. The fraction of sp³-hybridized carbons (Fsp3) is 0.944. The molecule has 0 unspecified atom stereocenters. The molecule has 0 aromatic carbocycles. The summed E-state index contributed by atoms with van der Waals surface area (Å²) in [6, 6.07) is 1.13. The van der Waals surface area contributed by atoms with Gasteiger partial charge in [-0.25, -0.2) is 0 Å². The van der Waals surface area contributed by atoms with E-state index < -0.39 is 0 Å². The van der Waals surface area contributed by atoms with E-state index in [2.05, 4.69) is 21.6 Å². The van der Waals surface area contributed by atoms with Crippen LogP contribution in [0.5, 0.6) is 0 Å². The molecule has 0 spiro atoms. The summed E-state index contributed by atoms with van der Waals surface area (Å²) in [4.78, 5) is 19.8. The summed E-state index contributed by atoms with van der Waals surface area (Å²) in [5.41, 5.74) is 0. The molecule has 0 N–H and O–H groups in total. The zero-order chi connectivity index (χ0) is 16.1. The van der Waals surface area contributed by atoms with Gasteiger partial charge in [-0.2, -0.15) is 0 Å². The molecule has 1 atom stereocenters. The summed E-state index contributed by atoms with van der Waals surface area (Å²) < 4.78 is 5.49. The molecule has 5 heteroatoms. The number of likely N-dealkylation sites (tertiary alicyclic amines) is 1. The Morgan fingerprint density at radius 1 is 0.957 bits per heavy atom. The lowest BCUT2D eigenvalue weighted by molar-refractivity contribution is -0.135. The molecule has 3 heterocycles. The van der Waals surface area contributed by atoms with Gasteiger partial charge in [0.05, 0.1) is 6.54 Å². The van der Waals surface area contributed by atoms with Crippen LogP contribution in [0.3, 0.4) is 0 Å². The molecule has 0 bridgehead atoms. The van der Waals surface area contributed by atoms with Gasteiger partial charge in [-0.15, -0.1) is 0 Å². The molecule has 0 aromatic heterocycles. The van der Waals surface area contributed by atoms with E-state index in [9.17, 15) is 4.79 Å². The quantitative estimate of drug-likeness (QED) is 0.790. The zero-order valence-corrected chi connectivity index (χ0v) is 14.7. The fourth-order valence-corrected chi connectivity index (χ4v) is 4.32. The molecule has 5 nitrogen and oxygen atoms in total. The number of carbonyl (C=O) groups is 1. The van der Waals surface area contributed by atoms with Crippen molar-refractivity contribution in [2.75, 3.05) is 52.5 Å². The zero-order valence-electron chi connectivity index (χ0n) is 14.7. The van der Waals surface area contributed by atoms with E-state index in [0.29, 0.717) is 24.5 Å². The van der Waals surface area contributed by atoms with Crippen LogP contribution in [0, 0.1) is 0 Å². The lowest BCUT2D eigenvalue weighted by Crippen LogP contribution is -2.47. The predicted octanol–water partition coefficient (Wildman–Crippen LogP) is 1.57. The normalized spacial score (nSPS) is 29.4. The number of hydrogen-bond donors (Lipinski definition) is 0. The molecule has 0 aliphatic carbocycles. The van der Waals surface area contributed by atoms with E-state index in [-0.39, 0.29) is 0 Å². The number of nitrogens with zero attached hydrogens (tertiary/aromatic N) is 3. The van der Waals surface area contributed by atoms with Crippen molar-refractivity contribution in [3.63, 3.8) is 0 Å². The van der Waals surface area contributed by atoms with E-state index in [0.717, 1.165) is 39.4 Å². The first-order valence-electron chi connectivity index (χ1n) is 9.57. The van der Waals surface area contributed by atoms with Crippen molar-refractivity contribution in [2.45, 2.75) is 57.5 Å². The number of carbonyl (C=O) groups excluding carboxylic acids is 1. The summed E-state index contributed by atoms with van der Waals surface area (Å²) in [5.74, 6) is 0.344. The summed E-state index contributed by atoms with van der Waals surface area (Å²) in [6.45, 7) is 9.98.